The molecule has 4 nitrogen and oxygen atoms in total. The summed E-state index contributed by atoms with van der Waals surface area (Å²) in [4.78, 5) is 14.5. The molecular weight excluding hydrogens is 280 g/mol. The van der Waals surface area contributed by atoms with Gasteiger partial charge < -0.3 is 5.11 Å². The molecule has 0 saturated heterocycles. The first-order chi connectivity index (χ1) is 10.7. The molecule has 0 aliphatic rings. The Balaban J connectivity index is 3.51. The molecule has 0 aromatic carbocycles. The van der Waals surface area contributed by atoms with Gasteiger partial charge in [-0.1, -0.05) is 69.8 Å². The van der Waals surface area contributed by atoms with Gasteiger partial charge in [-0.05, 0) is 30.9 Å². The molecular formula is C18H31O4. The van der Waals surface area contributed by atoms with Crippen LogP contribution in [0.5, 0.6) is 0 Å². The Morgan fingerprint density at radius 3 is 2.45 bits per heavy atom. The molecule has 4 heteroatoms. The number of carboxylic acid groups (broad SMARTS) is 1. The zero-order valence-electron chi connectivity index (χ0n) is 13.8. The molecule has 1 unspecified atom stereocenters. The molecule has 0 saturated carbocycles. The summed E-state index contributed by atoms with van der Waals surface area (Å²) in [5.41, 5.74) is 0. The number of unbranched alkanes of at least 4 members (excludes halogenated alkanes) is 7. The Bertz CT molecular complexity index is 310. The first-order valence-electron chi connectivity index (χ1n) is 8.54. The number of hydrogen-bond acceptors (Lipinski definition) is 2. The summed E-state index contributed by atoms with van der Waals surface area (Å²) in [7, 11) is 0. The minimum absolute atomic E-state index is 0.284. The van der Waals surface area contributed by atoms with E-state index in [9.17, 15) is 10.1 Å². The van der Waals surface area contributed by atoms with E-state index in [1.165, 1.54) is 0 Å². The van der Waals surface area contributed by atoms with Crippen molar-refractivity contribution in [3.8, 4) is 0 Å². The molecule has 0 fully saturated rings. The second kappa shape index (κ2) is 16.2. The second-order valence-corrected chi connectivity index (χ2v) is 5.64. The monoisotopic (exact) mass is 311 g/mol. The molecule has 1 N–H and O–H groups in total. The largest absolute Gasteiger partial charge is 0.481 e. The number of carboxylic acids is 1. The maximum atomic E-state index is 10.5. The van der Waals surface area contributed by atoms with E-state index in [0.717, 1.165) is 64.2 Å². The Labute approximate surface area is 134 Å². The van der Waals surface area contributed by atoms with E-state index >= 15 is 0 Å². The first-order valence-corrected chi connectivity index (χ1v) is 8.54. The summed E-state index contributed by atoms with van der Waals surface area (Å²) in [6.45, 7) is 2.14. The summed E-state index contributed by atoms with van der Waals surface area (Å²) < 4.78 is 0. The summed E-state index contributed by atoms with van der Waals surface area (Å²) >= 11 is 0. The maximum Gasteiger partial charge on any atom is 0.303 e. The zero-order valence-corrected chi connectivity index (χ0v) is 13.8. The summed E-state index contributed by atoms with van der Waals surface area (Å²) in [6.07, 6.45) is 18.0. The highest BCUT2D eigenvalue weighted by Gasteiger charge is 2.03. The molecule has 0 aliphatic heterocycles. The van der Waals surface area contributed by atoms with Crippen molar-refractivity contribution in [1.82, 2.24) is 0 Å². The third kappa shape index (κ3) is 15.3. The van der Waals surface area contributed by atoms with Crippen LogP contribution in [0, 0.1) is 0 Å². The fourth-order valence-corrected chi connectivity index (χ4v) is 2.20. The Kier molecular flexibility index (Phi) is 15.4. The normalized spacial score (nSPS) is 13.2. The van der Waals surface area contributed by atoms with E-state index in [4.69, 9.17) is 5.11 Å². The van der Waals surface area contributed by atoms with Crippen LogP contribution in [0.15, 0.2) is 24.3 Å². The van der Waals surface area contributed by atoms with Gasteiger partial charge in [-0.15, -0.1) is 0 Å². The molecule has 0 aromatic rings. The highest BCUT2D eigenvalue weighted by Crippen LogP contribution is 2.09. The van der Waals surface area contributed by atoms with Crippen LogP contribution in [-0.4, -0.2) is 17.2 Å². The van der Waals surface area contributed by atoms with Crippen LogP contribution in [0.25, 0.3) is 0 Å². The smallest absolute Gasteiger partial charge is 0.303 e. The number of hydrogen-bond donors (Lipinski definition) is 1. The van der Waals surface area contributed by atoms with Gasteiger partial charge in [-0.25, -0.2) is 0 Å². The topological polar surface area (TPSA) is 66.4 Å². The fourth-order valence-electron chi connectivity index (χ4n) is 2.20. The lowest BCUT2D eigenvalue weighted by Crippen LogP contribution is -2.05. The van der Waals surface area contributed by atoms with Crippen molar-refractivity contribution in [1.29, 1.82) is 0 Å². The van der Waals surface area contributed by atoms with Gasteiger partial charge in [0.1, 0.15) is 6.10 Å². The van der Waals surface area contributed by atoms with Gasteiger partial charge in [0.2, 0.25) is 0 Å². The van der Waals surface area contributed by atoms with Crippen molar-refractivity contribution in [2.45, 2.75) is 83.7 Å². The predicted octanol–water partition coefficient (Wildman–Crippen LogP) is 5.23. The van der Waals surface area contributed by atoms with Crippen LogP contribution in [0.2, 0.25) is 0 Å². The Hall–Kier alpha value is -1.13. The molecule has 0 spiro atoms. The fraction of sp³-hybridized carbons (Fsp3) is 0.722. The van der Waals surface area contributed by atoms with Crippen molar-refractivity contribution in [3.63, 3.8) is 0 Å². The molecule has 0 heterocycles. The van der Waals surface area contributed by atoms with E-state index in [-0.39, 0.29) is 12.5 Å². The van der Waals surface area contributed by atoms with Crippen molar-refractivity contribution >= 4 is 5.97 Å². The van der Waals surface area contributed by atoms with E-state index in [2.05, 4.69) is 17.9 Å². The minimum Gasteiger partial charge on any atom is -0.481 e. The van der Waals surface area contributed by atoms with E-state index in [1.807, 2.05) is 18.2 Å². The van der Waals surface area contributed by atoms with E-state index < -0.39 is 5.97 Å². The van der Waals surface area contributed by atoms with Crippen LogP contribution in [-0.2, 0) is 14.9 Å². The Morgan fingerprint density at radius 2 is 1.77 bits per heavy atom. The molecule has 0 aromatic heterocycles. The lowest BCUT2D eigenvalue weighted by Gasteiger charge is -2.05. The molecule has 0 amide bonds. The average molecular weight is 311 g/mol. The molecule has 1 radical (unpaired) electrons. The Morgan fingerprint density at radius 1 is 1.05 bits per heavy atom. The SMILES string of the molecule is CCCCCC(/C=C/C=C/CCCCCCCC(=O)O)O[O]. The van der Waals surface area contributed by atoms with Gasteiger partial charge in [0.15, 0.2) is 0 Å². The van der Waals surface area contributed by atoms with Gasteiger partial charge in [0.05, 0.1) is 0 Å². The van der Waals surface area contributed by atoms with Crippen LogP contribution in [0.1, 0.15) is 77.6 Å². The first kappa shape index (κ1) is 20.9. The van der Waals surface area contributed by atoms with Gasteiger partial charge in [0, 0.05) is 6.42 Å². The minimum atomic E-state index is -0.704. The lowest BCUT2D eigenvalue weighted by molar-refractivity contribution is -0.325. The van der Waals surface area contributed by atoms with Crippen molar-refractivity contribution in [3.05, 3.63) is 24.3 Å². The van der Waals surface area contributed by atoms with Crippen molar-refractivity contribution < 1.29 is 20.0 Å². The molecule has 22 heavy (non-hydrogen) atoms. The zero-order chi connectivity index (χ0) is 16.5. The third-order valence-corrected chi connectivity index (χ3v) is 3.55. The highest BCUT2D eigenvalue weighted by molar-refractivity contribution is 5.66. The molecule has 127 valence electrons. The maximum absolute atomic E-state index is 10.5. The second-order valence-electron chi connectivity index (χ2n) is 5.64. The van der Waals surface area contributed by atoms with Gasteiger partial charge in [-0.3, -0.25) is 4.79 Å². The number of carbonyl (C=O) groups is 1. The van der Waals surface area contributed by atoms with Crippen molar-refractivity contribution in [2.24, 2.45) is 0 Å². The van der Waals surface area contributed by atoms with Crippen LogP contribution in [0.3, 0.4) is 0 Å². The standard InChI is InChI=1S/C18H31O4/c1-2-3-11-14-17(22-21)15-12-9-7-5-4-6-8-10-13-16-18(19)20/h7,9,12,15,17H,2-6,8,10-11,13-14,16H2,1H3,(H,19,20)/b9-7+,15-12+. The summed E-state index contributed by atoms with van der Waals surface area (Å²) in [6, 6.07) is 0. The number of aliphatic carboxylic acids is 1. The summed E-state index contributed by atoms with van der Waals surface area (Å²) in [5, 5.41) is 19.1. The highest BCUT2D eigenvalue weighted by atomic mass is 17.1. The van der Waals surface area contributed by atoms with Crippen molar-refractivity contribution in [2.75, 3.05) is 0 Å². The molecule has 0 aliphatic carbocycles. The quantitative estimate of drug-likeness (QED) is 0.195. The van der Waals surface area contributed by atoms with E-state index in [0.29, 0.717) is 0 Å². The van der Waals surface area contributed by atoms with Gasteiger partial charge in [-0.2, -0.15) is 4.89 Å². The molecule has 1 atom stereocenters. The van der Waals surface area contributed by atoms with E-state index in [1.54, 1.807) is 0 Å². The van der Waals surface area contributed by atoms with Crippen LogP contribution in [0.4, 0.5) is 0 Å². The third-order valence-electron chi connectivity index (χ3n) is 3.55. The summed E-state index contributed by atoms with van der Waals surface area (Å²) in [5.74, 6) is -0.704. The van der Waals surface area contributed by atoms with Crippen LogP contribution >= 0.6 is 0 Å². The number of allylic oxidation sites excluding steroid dienone is 3. The predicted molar refractivity (Wildman–Crippen MR) is 87.9 cm³/mol. The van der Waals surface area contributed by atoms with Crippen LogP contribution < -0.4 is 0 Å². The van der Waals surface area contributed by atoms with Gasteiger partial charge >= 0.3 is 5.97 Å². The van der Waals surface area contributed by atoms with Gasteiger partial charge in [0.25, 0.3) is 0 Å². The lowest BCUT2D eigenvalue weighted by atomic mass is 10.1. The molecule has 0 rings (SSSR count). The molecule has 0 bridgehead atoms. The average Bonchev–Trinajstić information content (AvgIpc) is 2.50. The number of rotatable bonds is 15.